The van der Waals surface area contributed by atoms with Gasteiger partial charge in [-0.05, 0) is 61.9 Å². The van der Waals surface area contributed by atoms with Gasteiger partial charge in [-0.15, -0.1) is 12.4 Å². The maximum absolute atomic E-state index is 12.7. The molecule has 140 valence electrons. The van der Waals surface area contributed by atoms with Gasteiger partial charge in [0.25, 0.3) is 0 Å². The molecular weight excluding hydrogens is 383 g/mol. The number of carbonyl (C=O) groups excluding carboxylic acids is 1. The van der Waals surface area contributed by atoms with E-state index < -0.39 is 0 Å². The Labute approximate surface area is 165 Å². The van der Waals surface area contributed by atoms with Gasteiger partial charge in [-0.1, -0.05) is 23.2 Å². The largest absolute Gasteiger partial charge is 0.378 e. The maximum Gasteiger partial charge on any atom is 0.226 e. The minimum atomic E-state index is 0. The number of benzene rings is 1. The van der Waals surface area contributed by atoms with E-state index in [4.69, 9.17) is 33.7 Å². The van der Waals surface area contributed by atoms with Crippen LogP contribution in [0.4, 0.5) is 0 Å². The Bertz CT molecular complexity index is 571. The first kappa shape index (κ1) is 20.8. The Hall–Kier alpha value is -0.520. The quantitative estimate of drug-likeness (QED) is 0.728. The Morgan fingerprint density at radius 3 is 2.44 bits per heavy atom. The standard InChI is InChI=1S/C18H24Cl2N2O2.ClH/c19-13-8-12(9-14(20)10-13)16-11-17(16)18(23)22-5-2-15(3-6-22)24-7-1-4-21;/h8-10,15-17H,1-7,11,21H2;1H. The molecule has 1 heterocycles. The van der Waals surface area contributed by atoms with E-state index in [-0.39, 0.29) is 36.3 Å². The summed E-state index contributed by atoms with van der Waals surface area (Å²) < 4.78 is 5.80. The van der Waals surface area contributed by atoms with Gasteiger partial charge in [-0.3, -0.25) is 4.79 Å². The molecule has 1 aromatic carbocycles. The Morgan fingerprint density at radius 1 is 1.20 bits per heavy atom. The van der Waals surface area contributed by atoms with Gasteiger partial charge in [-0.25, -0.2) is 0 Å². The summed E-state index contributed by atoms with van der Waals surface area (Å²) in [5, 5.41) is 1.26. The van der Waals surface area contributed by atoms with E-state index in [1.54, 1.807) is 6.07 Å². The molecular formula is C18H25Cl3N2O2. The number of likely N-dealkylation sites (tertiary alicyclic amines) is 1. The molecule has 4 nitrogen and oxygen atoms in total. The zero-order chi connectivity index (χ0) is 17.1. The monoisotopic (exact) mass is 406 g/mol. The fourth-order valence-electron chi connectivity index (χ4n) is 3.44. The van der Waals surface area contributed by atoms with Crippen molar-refractivity contribution in [2.45, 2.75) is 37.7 Å². The van der Waals surface area contributed by atoms with Crippen molar-refractivity contribution in [3.05, 3.63) is 33.8 Å². The van der Waals surface area contributed by atoms with Crippen molar-refractivity contribution < 1.29 is 9.53 Å². The van der Waals surface area contributed by atoms with Crippen LogP contribution in [-0.4, -0.2) is 43.2 Å². The van der Waals surface area contributed by atoms with Gasteiger partial charge in [0.05, 0.1) is 6.10 Å². The van der Waals surface area contributed by atoms with Gasteiger partial charge in [0, 0.05) is 35.7 Å². The summed E-state index contributed by atoms with van der Waals surface area (Å²) in [6.07, 6.45) is 3.88. The molecule has 1 saturated heterocycles. The summed E-state index contributed by atoms with van der Waals surface area (Å²) >= 11 is 12.1. The molecule has 25 heavy (non-hydrogen) atoms. The molecule has 2 fully saturated rings. The molecule has 1 aliphatic carbocycles. The normalized spacial score (nSPS) is 23.2. The van der Waals surface area contributed by atoms with Gasteiger partial charge >= 0.3 is 0 Å². The summed E-state index contributed by atoms with van der Waals surface area (Å²) in [4.78, 5) is 14.7. The first-order valence-corrected chi connectivity index (χ1v) is 9.40. The molecule has 1 amide bonds. The number of rotatable bonds is 6. The van der Waals surface area contributed by atoms with E-state index in [0.29, 0.717) is 16.6 Å². The van der Waals surface area contributed by atoms with Crippen LogP contribution in [0.3, 0.4) is 0 Å². The number of piperidine rings is 1. The highest BCUT2D eigenvalue weighted by Crippen LogP contribution is 2.49. The first-order chi connectivity index (χ1) is 11.6. The van der Waals surface area contributed by atoms with Crippen LogP contribution in [0.2, 0.25) is 10.0 Å². The number of ether oxygens (including phenoxy) is 1. The van der Waals surface area contributed by atoms with Gasteiger partial charge in [0.1, 0.15) is 0 Å². The number of hydrogen-bond donors (Lipinski definition) is 1. The van der Waals surface area contributed by atoms with Crippen LogP contribution in [0.25, 0.3) is 0 Å². The topological polar surface area (TPSA) is 55.6 Å². The van der Waals surface area contributed by atoms with Crippen molar-refractivity contribution >= 4 is 41.5 Å². The number of hydrogen-bond acceptors (Lipinski definition) is 3. The molecule has 2 unspecified atom stereocenters. The van der Waals surface area contributed by atoms with Crippen LogP contribution in [0.5, 0.6) is 0 Å². The first-order valence-electron chi connectivity index (χ1n) is 8.65. The second kappa shape index (κ2) is 9.43. The lowest BCUT2D eigenvalue weighted by Crippen LogP contribution is -2.42. The van der Waals surface area contributed by atoms with Crippen molar-refractivity contribution in [3.8, 4) is 0 Å². The molecule has 1 saturated carbocycles. The lowest BCUT2D eigenvalue weighted by Gasteiger charge is -2.32. The molecule has 2 N–H and O–H groups in total. The molecule has 1 aliphatic heterocycles. The minimum Gasteiger partial charge on any atom is -0.378 e. The zero-order valence-corrected chi connectivity index (χ0v) is 16.5. The molecule has 0 aromatic heterocycles. The van der Waals surface area contributed by atoms with Gasteiger partial charge in [-0.2, -0.15) is 0 Å². The second-order valence-electron chi connectivity index (χ2n) is 6.69. The Morgan fingerprint density at radius 2 is 1.84 bits per heavy atom. The maximum atomic E-state index is 12.7. The number of nitrogens with two attached hydrogens (primary N) is 1. The summed E-state index contributed by atoms with van der Waals surface area (Å²) in [6, 6.07) is 5.56. The lowest BCUT2D eigenvalue weighted by atomic mass is 10.1. The van der Waals surface area contributed by atoms with Crippen LogP contribution >= 0.6 is 35.6 Å². The van der Waals surface area contributed by atoms with E-state index in [1.807, 2.05) is 17.0 Å². The third-order valence-electron chi connectivity index (χ3n) is 4.88. The SMILES string of the molecule is Cl.NCCCOC1CCN(C(=O)C2CC2c2cc(Cl)cc(Cl)c2)CC1. The van der Waals surface area contributed by atoms with Crippen LogP contribution in [0, 0.1) is 5.92 Å². The van der Waals surface area contributed by atoms with Crippen LogP contribution in [0.1, 0.15) is 37.2 Å². The number of carbonyl (C=O) groups is 1. The van der Waals surface area contributed by atoms with E-state index >= 15 is 0 Å². The highest BCUT2D eigenvalue weighted by Gasteiger charge is 2.46. The highest BCUT2D eigenvalue weighted by atomic mass is 35.5. The fourth-order valence-corrected chi connectivity index (χ4v) is 3.98. The molecule has 0 bridgehead atoms. The second-order valence-corrected chi connectivity index (χ2v) is 7.56. The van der Waals surface area contributed by atoms with Gasteiger partial charge in [0.15, 0.2) is 0 Å². The number of amides is 1. The molecule has 2 aliphatic rings. The smallest absolute Gasteiger partial charge is 0.226 e. The average molecular weight is 408 g/mol. The number of nitrogens with zero attached hydrogens (tertiary/aromatic N) is 1. The van der Waals surface area contributed by atoms with Gasteiger partial charge < -0.3 is 15.4 Å². The lowest BCUT2D eigenvalue weighted by molar-refractivity contribution is -0.135. The zero-order valence-electron chi connectivity index (χ0n) is 14.1. The summed E-state index contributed by atoms with van der Waals surface area (Å²) in [5.74, 6) is 0.595. The molecule has 3 rings (SSSR count). The molecule has 0 spiro atoms. The summed E-state index contributed by atoms with van der Waals surface area (Å²) in [7, 11) is 0. The molecule has 7 heteroatoms. The third kappa shape index (κ3) is 5.48. The molecule has 1 aromatic rings. The van der Waals surface area contributed by atoms with E-state index in [9.17, 15) is 4.79 Å². The number of halogens is 3. The van der Waals surface area contributed by atoms with Crippen molar-refractivity contribution in [2.75, 3.05) is 26.2 Å². The fraction of sp³-hybridized carbons (Fsp3) is 0.611. The highest BCUT2D eigenvalue weighted by molar-refractivity contribution is 6.34. The Balaban J connectivity index is 0.00000225. The van der Waals surface area contributed by atoms with Crippen molar-refractivity contribution in [2.24, 2.45) is 11.7 Å². The van der Waals surface area contributed by atoms with Crippen molar-refractivity contribution in [1.82, 2.24) is 4.90 Å². The average Bonchev–Trinajstić information content (AvgIpc) is 3.35. The summed E-state index contributed by atoms with van der Waals surface area (Å²) in [5.41, 5.74) is 6.55. The van der Waals surface area contributed by atoms with Crippen LogP contribution < -0.4 is 5.73 Å². The summed E-state index contributed by atoms with van der Waals surface area (Å²) in [6.45, 7) is 2.94. The predicted octanol–water partition coefficient (Wildman–Crippen LogP) is 3.88. The van der Waals surface area contributed by atoms with Gasteiger partial charge in [0.2, 0.25) is 5.91 Å². The molecule has 2 atom stereocenters. The third-order valence-corrected chi connectivity index (χ3v) is 5.31. The van der Waals surface area contributed by atoms with Crippen molar-refractivity contribution in [3.63, 3.8) is 0 Å². The Kier molecular flexibility index (Phi) is 7.84. The minimum absolute atomic E-state index is 0. The van der Waals surface area contributed by atoms with Crippen LogP contribution in [-0.2, 0) is 9.53 Å². The van der Waals surface area contributed by atoms with E-state index in [0.717, 1.165) is 50.9 Å². The van der Waals surface area contributed by atoms with Crippen molar-refractivity contribution in [1.29, 1.82) is 0 Å². The van der Waals surface area contributed by atoms with Crippen LogP contribution in [0.15, 0.2) is 18.2 Å². The molecule has 0 radical (unpaired) electrons. The van der Waals surface area contributed by atoms with E-state index in [1.165, 1.54) is 0 Å². The predicted molar refractivity (Wildman–Crippen MR) is 104 cm³/mol. The van der Waals surface area contributed by atoms with E-state index in [2.05, 4.69) is 0 Å².